The summed E-state index contributed by atoms with van der Waals surface area (Å²) in [5, 5.41) is 1.99. The van der Waals surface area contributed by atoms with Crippen molar-refractivity contribution in [2.45, 2.75) is 13.5 Å². The predicted molar refractivity (Wildman–Crippen MR) is 68.8 cm³/mol. The number of benzene rings is 1. The van der Waals surface area contributed by atoms with Crippen molar-refractivity contribution in [2.24, 2.45) is 5.92 Å². The number of halogens is 2. The Hall–Kier alpha value is -0.0500. The second kappa shape index (κ2) is 4.86. The lowest BCUT2D eigenvalue weighted by atomic mass is 10.0. The van der Waals surface area contributed by atoms with Crippen molar-refractivity contribution >= 4 is 27.5 Å². The number of rotatable bonds is 3. The number of nitrogens with zero attached hydrogens (tertiary/aromatic N) is 1. The van der Waals surface area contributed by atoms with Crippen LogP contribution in [0.4, 0.5) is 0 Å². The fraction of sp³-hybridized carbons (Fsp3) is 0.500. The van der Waals surface area contributed by atoms with Gasteiger partial charge < -0.3 is 0 Å². The SMILES string of the molecule is Cc1cc(CN2CC(CBr)C2)ccc1Cl. The van der Waals surface area contributed by atoms with Crippen molar-refractivity contribution in [3.05, 3.63) is 34.3 Å². The molecule has 1 aliphatic heterocycles. The van der Waals surface area contributed by atoms with Crippen LogP contribution in [0.1, 0.15) is 11.1 Å². The first kappa shape index (κ1) is 11.4. The minimum Gasteiger partial charge on any atom is -0.298 e. The second-order valence-electron chi connectivity index (χ2n) is 4.30. The molecule has 1 fully saturated rings. The molecular weight excluding hydrogens is 273 g/mol. The molecule has 0 unspecified atom stereocenters. The molecule has 1 aromatic rings. The van der Waals surface area contributed by atoms with Gasteiger partial charge in [0, 0.05) is 30.0 Å². The second-order valence-corrected chi connectivity index (χ2v) is 5.35. The smallest absolute Gasteiger partial charge is 0.0435 e. The lowest BCUT2D eigenvalue weighted by molar-refractivity contribution is 0.108. The first-order valence-electron chi connectivity index (χ1n) is 5.22. The highest BCUT2D eigenvalue weighted by molar-refractivity contribution is 9.09. The maximum atomic E-state index is 5.99. The molecule has 0 atom stereocenters. The van der Waals surface area contributed by atoms with Gasteiger partial charge in [-0.1, -0.05) is 39.7 Å². The van der Waals surface area contributed by atoms with Gasteiger partial charge in [0.25, 0.3) is 0 Å². The largest absolute Gasteiger partial charge is 0.298 e. The molecule has 1 aliphatic rings. The Kier molecular flexibility index (Phi) is 3.70. The van der Waals surface area contributed by atoms with E-state index in [1.165, 1.54) is 24.2 Å². The maximum absolute atomic E-state index is 5.99. The van der Waals surface area contributed by atoms with E-state index in [4.69, 9.17) is 11.6 Å². The molecule has 0 N–H and O–H groups in total. The zero-order valence-corrected chi connectivity index (χ0v) is 11.2. The van der Waals surface area contributed by atoms with Crippen LogP contribution in [0.15, 0.2) is 18.2 Å². The highest BCUT2D eigenvalue weighted by Gasteiger charge is 2.25. The highest BCUT2D eigenvalue weighted by Crippen LogP contribution is 2.22. The third-order valence-corrected chi connectivity index (χ3v) is 4.22. The van der Waals surface area contributed by atoms with Crippen molar-refractivity contribution in [1.29, 1.82) is 0 Å². The number of likely N-dealkylation sites (tertiary alicyclic amines) is 1. The maximum Gasteiger partial charge on any atom is 0.0435 e. The molecule has 3 heteroatoms. The molecule has 0 aromatic heterocycles. The van der Waals surface area contributed by atoms with Gasteiger partial charge in [-0.3, -0.25) is 4.90 Å². The van der Waals surface area contributed by atoms with Crippen LogP contribution in [-0.4, -0.2) is 23.3 Å². The van der Waals surface area contributed by atoms with Crippen LogP contribution in [0, 0.1) is 12.8 Å². The summed E-state index contributed by atoms with van der Waals surface area (Å²) in [5.74, 6) is 0.846. The van der Waals surface area contributed by atoms with Crippen LogP contribution in [-0.2, 0) is 6.54 Å². The van der Waals surface area contributed by atoms with Crippen LogP contribution in [0.25, 0.3) is 0 Å². The molecular formula is C12H15BrClN. The Morgan fingerprint density at radius 1 is 1.47 bits per heavy atom. The van der Waals surface area contributed by atoms with Gasteiger partial charge in [0.1, 0.15) is 0 Å². The minimum absolute atomic E-state index is 0.846. The molecule has 0 aliphatic carbocycles. The number of alkyl halides is 1. The van der Waals surface area contributed by atoms with Crippen LogP contribution in [0.3, 0.4) is 0 Å². The summed E-state index contributed by atoms with van der Waals surface area (Å²) in [4.78, 5) is 2.47. The van der Waals surface area contributed by atoms with Crippen LogP contribution >= 0.6 is 27.5 Å². The highest BCUT2D eigenvalue weighted by atomic mass is 79.9. The van der Waals surface area contributed by atoms with E-state index in [9.17, 15) is 0 Å². The van der Waals surface area contributed by atoms with Gasteiger partial charge in [0.05, 0.1) is 0 Å². The summed E-state index contributed by atoms with van der Waals surface area (Å²) in [6, 6.07) is 6.30. The normalized spacial score (nSPS) is 17.8. The third kappa shape index (κ3) is 2.74. The van der Waals surface area contributed by atoms with Gasteiger partial charge in [0.15, 0.2) is 0 Å². The Morgan fingerprint density at radius 3 is 2.80 bits per heavy atom. The van der Waals surface area contributed by atoms with E-state index < -0.39 is 0 Å². The van der Waals surface area contributed by atoms with E-state index in [0.717, 1.165) is 22.8 Å². The minimum atomic E-state index is 0.846. The van der Waals surface area contributed by atoms with Gasteiger partial charge in [-0.25, -0.2) is 0 Å². The standard InChI is InChI=1S/C12H15BrClN/c1-9-4-10(2-3-12(9)14)6-15-7-11(5-13)8-15/h2-4,11H,5-8H2,1H3. The van der Waals surface area contributed by atoms with Gasteiger partial charge >= 0.3 is 0 Å². The molecule has 0 spiro atoms. The van der Waals surface area contributed by atoms with E-state index in [2.05, 4.69) is 39.9 Å². The zero-order chi connectivity index (χ0) is 10.8. The lowest BCUT2D eigenvalue weighted by Crippen LogP contribution is -2.46. The predicted octanol–water partition coefficient (Wildman–Crippen LogP) is 3.48. The van der Waals surface area contributed by atoms with Crippen molar-refractivity contribution in [2.75, 3.05) is 18.4 Å². The molecule has 0 radical (unpaired) electrons. The summed E-state index contributed by atoms with van der Waals surface area (Å²) in [5.41, 5.74) is 2.54. The summed E-state index contributed by atoms with van der Waals surface area (Å²) in [6.45, 7) is 5.55. The van der Waals surface area contributed by atoms with E-state index in [-0.39, 0.29) is 0 Å². The van der Waals surface area contributed by atoms with Gasteiger partial charge in [0.2, 0.25) is 0 Å². The monoisotopic (exact) mass is 287 g/mol. The first-order valence-corrected chi connectivity index (χ1v) is 6.72. The zero-order valence-electron chi connectivity index (χ0n) is 8.84. The Morgan fingerprint density at radius 2 is 2.20 bits per heavy atom. The summed E-state index contributed by atoms with van der Waals surface area (Å²) in [7, 11) is 0. The average Bonchev–Trinajstić information content (AvgIpc) is 2.16. The average molecular weight is 289 g/mol. The molecule has 1 heterocycles. The van der Waals surface area contributed by atoms with Crippen molar-refractivity contribution in [1.82, 2.24) is 4.90 Å². The van der Waals surface area contributed by atoms with E-state index in [1.54, 1.807) is 0 Å². The Balaban J connectivity index is 1.92. The summed E-state index contributed by atoms with van der Waals surface area (Å²) < 4.78 is 0. The van der Waals surface area contributed by atoms with Gasteiger partial charge in [-0.05, 0) is 30.0 Å². The summed E-state index contributed by atoms with van der Waals surface area (Å²) in [6.07, 6.45) is 0. The molecule has 15 heavy (non-hydrogen) atoms. The van der Waals surface area contributed by atoms with E-state index in [1.807, 2.05) is 6.07 Å². The fourth-order valence-corrected chi connectivity index (χ4v) is 2.49. The van der Waals surface area contributed by atoms with E-state index >= 15 is 0 Å². The number of hydrogen-bond donors (Lipinski definition) is 0. The molecule has 1 aromatic carbocycles. The fourth-order valence-electron chi connectivity index (χ4n) is 1.97. The topological polar surface area (TPSA) is 3.24 Å². The van der Waals surface area contributed by atoms with Crippen molar-refractivity contribution in [3.63, 3.8) is 0 Å². The van der Waals surface area contributed by atoms with Crippen LogP contribution in [0.2, 0.25) is 5.02 Å². The Bertz CT molecular complexity index is 347. The van der Waals surface area contributed by atoms with Crippen LogP contribution < -0.4 is 0 Å². The van der Waals surface area contributed by atoms with Crippen molar-refractivity contribution < 1.29 is 0 Å². The molecule has 0 bridgehead atoms. The quantitative estimate of drug-likeness (QED) is 0.770. The number of hydrogen-bond acceptors (Lipinski definition) is 1. The third-order valence-electron chi connectivity index (χ3n) is 2.88. The molecule has 0 amide bonds. The molecule has 82 valence electrons. The van der Waals surface area contributed by atoms with Crippen molar-refractivity contribution in [3.8, 4) is 0 Å². The lowest BCUT2D eigenvalue weighted by Gasteiger charge is -2.38. The first-order chi connectivity index (χ1) is 7.19. The number of aryl methyl sites for hydroxylation is 1. The molecule has 2 rings (SSSR count). The molecule has 1 nitrogen and oxygen atoms in total. The summed E-state index contributed by atoms with van der Waals surface area (Å²) >= 11 is 9.51. The molecule has 1 saturated heterocycles. The van der Waals surface area contributed by atoms with Gasteiger partial charge in [-0.15, -0.1) is 0 Å². The van der Waals surface area contributed by atoms with Gasteiger partial charge in [-0.2, -0.15) is 0 Å². The van der Waals surface area contributed by atoms with E-state index in [0.29, 0.717) is 0 Å². The Labute approximate surface area is 105 Å². The van der Waals surface area contributed by atoms with Crippen LogP contribution in [0.5, 0.6) is 0 Å². The molecule has 0 saturated carbocycles.